The Morgan fingerprint density at radius 1 is 1.17 bits per heavy atom. The van der Waals surface area contributed by atoms with Crippen LogP contribution in [-0.2, 0) is 0 Å². The van der Waals surface area contributed by atoms with E-state index in [2.05, 4.69) is 15.0 Å². The van der Waals surface area contributed by atoms with Crippen molar-refractivity contribution in [1.82, 2.24) is 15.0 Å². The molecule has 1 aromatic carbocycles. The molecule has 18 heavy (non-hydrogen) atoms. The van der Waals surface area contributed by atoms with Crippen LogP contribution in [0.15, 0.2) is 24.3 Å². The number of anilines is 3. The summed E-state index contributed by atoms with van der Waals surface area (Å²) < 4.78 is 0. The molecule has 6 heteroatoms. The summed E-state index contributed by atoms with van der Waals surface area (Å²) in [5.41, 5.74) is 7.61. The maximum absolute atomic E-state index is 8.80. The lowest BCUT2D eigenvalue weighted by molar-refractivity contribution is 0.975. The molecule has 1 aromatic heterocycles. The van der Waals surface area contributed by atoms with Gasteiger partial charge in [-0.1, -0.05) is 17.7 Å². The average Bonchev–Trinajstić information content (AvgIpc) is 2.38. The van der Waals surface area contributed by atoms with Crippen LogP contribution in [0.5, 0.6) is 0 Å². The number of nitrogens with zero attached hydrogens (tertiary/aromatic N) is 5. The topological polar surface area (TPSA) is 91.7 Å². The van der Waals surface area contributed by atoms with Crippen LogP contribution in [0.4, 0.5) is 17.6 Å². The van der Waals surface area contributed by atoms with E-state index in [9.17, 15) is 0 Å². The van der Waals surface area contributed by atoms with Gasteiger partial charge in [-0.25, -0.2) is 0 Å². The van der Waals surface area contributed by atoms with Gasteiger partial charge < -0.3 is 10.6 Å². The molecule has 6 nitrogen and oxygen atoms in total. The molecule has 0 aliphatic rings. The Morgan fingerprint density at radius 3 is 2.44 bits per heavy atom. The van der Waals surface area contributed by atoms with Gasteiger partial charge in [-0.2, -0.15) is 20.2 Å². The molecule has 0 saturated heterocycles. The Balaban J connectivity index is 2.39. The summed E-state index contributed by atoms with van der Waals surface area (Å²) in [4.78, 5) is 13.5. The van der Waals surface area contributed by atoms with Crippen molar-refractivity contribution in [3.63, 3.8) is 0 Å². The third kappa shape index (κ3) is 2.35. The third-order valence-electron chi connectivity index (χ3n) is 2.46. The molecule has 2 aromatic rings. The molecule has 2 N–H and O–H groups in total. The van der Waals surface area contributed by atoms with E-state index in [1.165, 1.54) is 5.56 Å². The number of aryl methyl sites for hydroxylation is 1. The fourth-order valence-electron chi connectivity index (χ4n) is 1.46. The van der Waals surface area contributed by atoms with E-state index in [4.69, 9.17) is 11.0 Å². The first-order valence-electron chi connectivity index (χ1n) is 5.32. The molecule has 0 aliphatic carbocycles. The second kappa shape index (κ2) is 4.67. The van der Waals surface area contributed by atoms with Crippen LogP contribution in [0.1, 0.15) is 11.4 Å². The Labute approximate surface area is 105 Å². The van der Waals surface area contributed by atoms with Gasteiger partial charge in [-0.05, 0) is 19.1 Å². The quantitative estimate of drug-likeness (QED) is 0.853. The van der Waals surface area contributed by atoms with Crippen molar-refractivity contribution >= 4 is 17.6 Å². The number of rotatable bonds is 2. The number of benzene rings is 1. The molecule has 0 amide bonds. The van der Waals surface area contributed by atoms with Crippen LogP contribution in [0, 0.1) is 18.3 Å². The molecule has 0 unspecified atom stereocenters. The normalized spacial score (nSPS) is 9.83. The molecule has 2 rings (SSSR count). The highest BCUT2D eigenvalue weighted by atomic mass is 15.3. The number of aromatic nitrogens is 3. The van der Waals surface area contributed by atoms with Gasteiger partial charge >= 0.3 is 0 Å². The van der Waals surface area contributed by atoms with E-state index < -0.39 is 0 Å². The second-order valence-corrected chi connectivity index (χ2v) is 3.82. The van der Waals surface area contributed by atoms with Gasteiger partial charge in [-0.3, -0.25) is 0 Å². The Kier molecular flexibility index (Phi) is 3.06. The minimum atomic E-state index is 0.0106. The van der Waals surface area contributed by atoms with Crippen LogP contribution in [-0.4, -0.2) is 22.0 Å². The van der Waals surface area contributed by atoms with E-state index in [1.54, 1.807) is 11.9 Å². The molecule has 1 heterocycles. The standard InChI is InChI=1S/C12H12N6/c1-8-3-5-9(6-4-8)18(2)12-16-10(7-13)15-11(14)17-12/h3-6H,1-2H3,(H2,14,15,16,17). The van der Waals surface area contributed by atoms with Crippen molar-refractivity contribution in [2.24, 2.45) is 0 Å². The minimum Gasteiger partial charge on any atom is -0.368 e. The molecule has 0 bridgehead atoms. The lowest BCUT2D eigenvalue weighted by atomic mass is 10.2. The molecular formula is C12H12N6. The molecule has 0 saturated carbocycles. The van der Waals surface area contributed by atoms with Crippen LogP contribution >= 0.6 is 0 Å². The third-order valence-corrected chi connectivity index (χ3v) is 2.46. The highest BCUT2D eigenvalue weighted by molar-refractivity contribution is 5.57. The van der Waals surface area contributed by atoms with E-state index in [1.807, 2.05) is 37.3 Å². The summed E-state index contributed by atoms with van der Waals surface area (Å²) in [7, 11) is 1.81. The maximum Gasteiger partial charge on any atom is 0.238 e. The van der Waals surface area contributed by atoms with Gasteiger partial charge in [0.15, 0.2) is 0 Å². The van der Waals surface area contributed by atoms with Gasteiger partial charge in [0.1, 0.15) is 6.07 Å². The molecule has 0 fully saturated rings. The fourth-order valence-corrected chi connectivity index (χ4v) is 1.46. The van der Waals surface area contributed by atoms with Gasteiger partial charge in [0, 0.05) is 12.7 Å². The summed E-state index contributed by atoms with van der Waals surface area (Å²) in [5, 5.41) is 8.80. The largest absolute Gasteiger partial charge is 0.368 e. The van der Waals surface area contributed by atoms with Crippen LogP contribution < -0.4 is 10.6 Å². The number of hydrogen-bond acceptors (Lipinski definition) is 6. The first-order valence-corrected chi connectivity index (χ1v) is 5.32. The first kappa shape index (κ1) is 11.8. The van der Waals surface area contributed by atoms with Crippen molar-refractivity contribution in [3.8, 4) is 6.07 Å². The first-order chi connectivity index (χ1) is 8.60. The molecule has 0 atom stereocenters. The average molecular weight is 240 g/mol. The Hall–Kier alpha value is -2.68. The smallest absolute Gasteiger partial charge is 0.238 e. The summed E-state index contributed by atoms with van der Waals surface area (Å²) in [6, 6.07) is 9.72. The zero-order chi connectivity index (χ0) is 13.1. The van der Waals surface area contributed by atoms with Crippen LogP contribution in [0.2, 0.25) is 0 Å². The summed E-state index contributed by atoms with van der Waals surface area (Å²) in [5.74, 6) is 0.398. The molecule has 0 aliphatic heterocycles. The lowest BCUT2D eigenvalue weighted by Crippen LogP contribution is -2.15. The van der Waals surface area contributed by atoms with E-state index >= 15 is 0 Å². The number of nitrogens with two attached hydrogens (primary N) is 1. The number of hydrogen-bond donors (Lipinski definition) is 1. The second-order valence-electron chi connectivity index (χ2n) is 3.82. The Morgan fingerprint density at radius 2 is 1.83 bits per heavy atom. The number of nitriles is 1. The van der Waals surface area contributed by atoms with E-state index in [-0.39, 0.29) is 11.8 Å². The number of nitrogen functional groups attached to an aromatic ring is 1. The van der Waals surface area contributed by atoms with Gasteiger partial charge in [-0.15, -0.1) is 0 Å². The highest BCUT2D eigenvalue weighted by Crippen LogP contribution is 2.20. The van der Waals surface area contributed by atoms with Crippen molar-refractivity contribution in [3.05, 3.63) is 35.7 Å². The maximum atomic E-state index is 8.80. The SMILES string of the molecule is Cc1ccc(N(C)c2nc(N)nc(C#N)n2)cc1. The molecule has 90 valence electrons. The molecule has 0 spiro atoms. The van der Waals surface area contributed by atoms with Gasteiger partial charge in [0.25, 0.3) is 0 Å². The van der Waals surface area contributed by atoms with Crippen molar-refractivity contribution < 1.29 is 0 Å². The van der Waals surface area contributed by atoms with Crippen LogP contribution in [0.25, 0.3) is 0 Å². The predicted molar refractivity (Wildman–Crippen MR) is 68.2 cm³/mol. The lowest BCUT2D eigenvalue weighted by Gasteiger charge is -2.17. The van der Waals surface area contributed by atoms with E-state index in [0.29, 0.717) is 5.95 Å². The van der Waals surface area contributed by atoms with Crippen LogP contribution in [0.3, 0.4) is 0 Å². The summed E-state index contributed by atoms with van der Waals surface area (Å²) in [6.07, 6.45) is 0. The Bertz CT molecular complexity index is 599. The zero-order valence-corrected chi connectivity index (χ0v) is 10.1. The van der Waals surface area contributed by atoms with Gasteiger partial charge in [0.2, 0.25) is 17.7 Å². The summed E-state index contributed by atoms with van der Waals surface area (Å²) in [6.45, 7) is 2.01. The van der Waals surface area contributed by atoms with Gasteiger partial charge in [0.05, 0.1) is 0 Å². The van der Waals surface area contributed by atoms with Crippen molar-refractivity contribution in [2.45, 2.75) is 6.92 Å². The zero-order valence-electron chi connectivity index (χ0n) is 10.1. The van der Waals surface area contributed by atoms with Crippen molar-refractivity contribution in [1.29, 1.82) is 5.26 Å². The molecule has 0 radical (unpaired) electrons. The highest BCUT2D eigenvalue weighted by Gasteiger charge is 2.10. The van der Waals surface area contributed by atoms with E-state index in [0.717, 1.165) is 5.69 Å². The molecular weight excluding hydrogens is 228 g/mol. The summed E-state index contributed by atoms with van der Waals surface area (Å²) >= 11 is 0. The van der Waals surface area contributed by atoms with Crippen molar-refractivity contribution in [2.75, 3.05) is 17.7 Å². The minimum absolute atomic E-state index is 0.0106. The monoisotopic (exact) mass is 240 g/mol. The predicted octanol–water partition coefficient (Wildman–Crippen LogP) is 1.40. The fraction of sp³-hybridized carbons (Fsp3) is 0.167.